The van der Waals surface area contributed by atoms with Crippen molar-refractivity contribution >= 4 is 50.9 Å². The Bertz CT molecular complexity index is 2020. The standard InChI is InChI=1S/C27H16ClF7N6O2/c28-16-2-1-11(31)5-13(16)22-19-17(38-24-14-6-12(32)7-15(27(33,34)35)21(14)36-10-37-24)8-18-23(20(19)25(42)39-22)41(9-30)26(43)40(18)4-3-29/h1-2,5-8,10,22H,3-4,9H2,(H,39,42)(H,36,37,38). The molecule has 0 aliphatic carbocycles. The first-order valence-electron chi connectivity index (χ1n) is 12.4. The van der Waals surface area contributed by atoms with Gasteiger partial charge in [0.1, 0.15) is 30.5 Å². The molecule has 2 aromatic heterocycles. The van der Waals surface area contributed by atoms with Gasteiger partial charge in [-0.2, -0.15) is 13.2 Å². The lowest BCUT2D eigenvalue weighted by Gasteiger charge is -2.19. The Morgan fingerprint density at radius 3 is 2.47 bits per heavy atom. The molecule has 1 aliphatic heterocycles. The largest absolute Gasteiger partial charge is 0.418 e. The van der Waals surface area contributed by atoms with Crippen molar-refractivity contribution in [2.75, 3.05) is 12.0 Å². The Balaban J connectivity index is 1.68. The molecule has 43 heavy (non-hydrogen) atoms. The van der Waals surface area contributed by atoms with Crippen LogP contribution in [0.5, 0.6) is 0 Å². The van der Waals surface area contributed by atoms with Crippen LogP contribution in [0.2, 0.25) is 5.02 Å². The average Bonchev–Trinajstić information content (AvgIpc) is 3.43. The Kier molecular flexibility index (Phi) is 6.79. The van der Waals surface area contributed by atoms with Crippen LogP contribution in [0, 0.1) is 11.6 Å². The molecule has 0 spiro atoms. The molecule has 222 valence electrons. The molecule has 5 aromatic rings. The van der Waals surface area contributed by atoms with Crippen LogP contribution >= 0.6 is 11.6 Å². The second-order valence-electron chi connectivity index (χ2n) is 9.52. The van der Waals surface area contributed by atoms with Crippen molar-refractivity contribution in [2.24, 2.45) is 0 Å². The van der Waals surface area contributed by atoms with Gasteiger partial charge in [-0.3, -0.25) is 13.9 Å². The smallest absolute Gasteiger partial charge is 0.341 e. The number of carbonyl (C=O) groups is 1. The highest BCUT2D eigenvalue weighted by molar-refractivity contribution is 6.31. The number of fused-ring (bicyclic) bond motifs is 4. The third-order valence-electron chi connectivity index (χ3n) is 7.09. The van der Waals surface area contributed by atoms with E-state index in [0.29, 0.717) is 4.57 Å². The molecule has 3 heterocycles. The molecule has 0 bridgehead atoms. The van der Waals surface area contributed by atoms with Crippen molar-refractivity contribution in [1.82, 2.24) is 24.4 Å². The number of nitrogens with zero attached hydrogens (tertiary/aromatic N) is 4. The zero-order valence-electron chi connectivity index (χ0n) is 21.4. The van der Waals surface area contributed by atoms with E-state index < -0.39 is 66.5 Å². The van der Waals surface area contributed by atoms with Gasteiger partial charge >= 0.3 is 11.9 Å². The van der Waals surface area contributed by atoms with Crippen molar-refractivity contribution in [3.05, 3.63) is 92.1 Å². The van der Waals surface area contributed by atoms with Gasteiger partial charge in [0.05, 0.1) is 40.3 Å². The first-order valence-corrected chi connectivity index (χ1v) is 12.8. The summed E-state index contributed by atoms with van der Waals surface area (Å²) in [5.74, 6) is -3.11. The summed E-state index contributed by atoms with van der Waals surface area (Å²) in [7, 11) is 0. The molecule has 1 atom stereocenters. The van der Waals surface area contributed by atoms with Crippen molar-refractivity contribution in [1.29, 1.82) is 0 Å². The molecule has 0 fully saturated rings. The number of aromatic nitrogens is 4. The topological polar surface area (TPSA) is 93.8 Å². The van der Waals surface area contributed by atoms with Crippen molar-refractivity contribution < 1.29 is 35.5 Å². The van der Waals surface area contributed by atoms with Crippen LogP contribution in [0.3, 0.4) is 0 Å². The number of rotatable bonds is 6. The first kappa shape index (κ1) is 28.5. The normalized spacial score (nSPS) is 14.9. The minimum atomic E-state index is -4.97. The van der Waals surface area contributed by atoms with E-state index in [-0.39, 0.29) is 55.7 Å². The first-order chi connectivity index (χ1) is 20.4. The summed E-state index contributed by atoms with van der Waals surface area (Å²) in [4.78, 5) is 34.1. The van der Waals surface area contributed by atoms with Crippen LogP contribution in [-0.2, 0) is 19.5 Å². The molecule has 0 saturated carbocycles. The molecule has 6 rings (SSSR count). The number of anilines is 2. The second-order valence-corrected chi connectivity index (χ2v) is 9.93. The van der Waals surface area contributed by atoms with E-state index in [9.17, 15) is 40.3 Å². The molecular weight excluding hydrogens is 609 g/mol. The van der Waals surface area contributed by atoms with Crippen LogP contribution in [0.4, 0.5) is 42.2 Å². The lowest BCUT2D eigenvalue weighted by atomic mass is 9.95. The molecule has 0 saturated heterocycles. The van der Waals surface area contributed by atoms with Crippen LogP contribution in [0.25, 0.3) is 21.9 Å². The molecule has 1 amide bonds. The maximum absolute atomic E-state index is 14.4. The SMILES string of the molecule is O=C1NC(c2cc(F)ccc2Cl)c2c(Nc3ncnc4c(C(F)(F)F)cc(F)cc34)cc3c(c21)n(CF)c(=O)n3CCF. The Labute approximate surface area is 240 Å². The number of hydrogen-bond donors (Lipinski definition) is 2. The minimum absolute atomic E-state index is 0.00353. The summed E-state index contributed by atoms with van der Waals surface area (Å²) in [6.07, 6.45) is -4.17. The van der Waals surface area contributed by atoms with Gasteiger partial charge in [0.15, 0.2) is 6.80 Å². The Hall–Kier alpha value is -4.66. The number of benzene rings is 3. The fourth-order valence-electron chi connectivity index (χ4n) is 5.36. The van der Waals surface area contributed by atoms with E-state index in [4.69, 9.17) is 11.6 Å². The molecular formula is C27H16ClF7N6O2. The third kappa shape index (κ3) is 4.54. The van der Waals surface area contributed by atoms with E-state index >= 15 is 0 Å². The Morgan fingerprint density at radius 1 is 1.00 bits per heavy atom. The summed E-state index contributed by atoms with van der Waals surface area (Å²) in [6, 6.07) is 4.44. The van der Waals surface area contributed by atoms with Gasteiger partial charge < -0.3 is 10.6 Å². The molecule has 1 aliphatic rings. The fraction of sp³-hybridized carbons (Fsp3) is 0.185. The van der Waals surface area contributed by atoms with Gasteiger partial charge in [0.25, 0.3) is 5.91 Å². The maximum Gasteiger partial charge on any atom is 0.418 e. The third-order valence-corrected chi connectivity index (χ3v) is 7.44. The van der Waals surface area contributed by atoms with Gasteiger partial charge in [-0.1, -0.05) is 11.6 Å². The van der Waals surface area contributed by atoms with E-state index in [1.54, 1.807) is 0 Å². The van der Waals surface area contributed by atoms with E-state index in [1.165, 1.54) is 12.1 Å². The number of halogens is 8. The average molecular weight is 625 g/mol. The van der Waals surface area contributed by atoms with Gasteiger partial charge in [0, 0.05) is 27.2 Å². The summed E-state index contributed by atoms with van der Waals surface area (Å²) < 4.78 is 99.0. The summed E-state index contributed by atoms with van der Waals surface area (Å²) >= 11 is 6.34. The maximum atomic E-state index is 14.4. The number of alkyl halides is 5. The predicted molar refractivity (Wildman–Crippen MR) is 142 cm³/mol. The second kappa shape index (κ2) is 10.3. The number of aryl methyl sites for hydroxylation is 1. The molecule has 0 radical (unpaired) electrons. The lowest BCUT2D eigenvalue weighted by Crippen LogP contribution is -2.24. The minimum Gasteiger partial charge on any atom is -0.341 e. The Morgan fingerprint density at radius 2 is 1.77 bits per heavy atom. The molecule has 8 nitrogen and oxygen atoms in total. The van der Waals surface area contributed by atoms with Gasteiger partial charge in [-0.25, -0.2) is 32.3 Å². The predicted octanol–water partition coefficient (Wildman–Crippen LogP) is 6.17. The summed E-state index contributed by atoms with van der Waals surface area (Å²) in [5, 5.41) is 5.04. The highest BCUT2D eigenvalue weighted by atomic mass is 35.5. The molecule has 16 heteroatoms. The van der Waals surface area contributed by atoms with Gasteiger partial charge in [-0.15, -0.1) is 0 Å². The fourth-order valence-corrected chi connectivity index (χ4v) is 5.59. The lowest BCUT2D eigenvalue weighted by molar-refractivity contribution is -0.136. The molecule has 1 unspecified atom stereocenters. The van der Waals surface area contributed by atoms with Crippen molar-refractivity contribution in [3.63, 3.8) is 0 Å². The number of hydrogen-bond acceptors (Lipinski definition) is 5. The van der Waals surface area contributed by atoms with E-state index in [1.807, 2.05) is 0 Å². The quantitative estimate of drug-likeness (QED) is 0.221. The number of imidazole rings is 1. The van der Waals surface area contributed by atoms with E-state index in [0.717, 1.165) is 29.1 Å². The van der Waals surface area contributed by atoms with Crippen LogP contribution in [0.15, 0.2) is 47.5 Å². The number of carbonyl (C=O) groups excluding carboxylic acids is 1. The van der Waals surface area contributed by atoms with Gasteiger partial charge in [0.2, 0.25) is 0 Å². The highest BCUT2D eigenvalue weighted by Gasteiger charge is 2.39. The van der Waals surface area contributed by atoms with Crippen molar-refractivity contribution in [3.8, 4) is 0 Å². The monoisotopic (exact) mass is 624 g/mol. The number of amides is 1. The molecule has 3 aromatic carbocycles. The summed E-state index contributed by atoms with van der Waals surface area (Å²) in [6.45, 7) is -2.94. The summed E-state index contributed by atoms with van der Waals surface area (Å²) in [5.41, 5.74) is -3.54. The highest BCUT2D eigenvalue weighted by Crippen LogP contribution is 2.44. The number of nitrogens with one attached hydrogen (secondary N) is 2. The van der Waals surface area contributed by atoms with Crippen LogP contribution < -0.4 is 16.3 Å². The van der Waals surface area contributed by atoms with Crippen LogP contribution in [-0.4, -0.2) is 31.7 Å². The zero-order valence-corrected chi connectivity index (χ0v) is 22.1. The van der Waals surface area contributed by atoms with Crippen molar-refractivity contribution in [2.45, 2.75) is 25.6 Å². The zero-order chi connectivity index (χ0) is 30.8. The van der Waals surface area contributed by atoms with Gasteiger partial charge in [-0.05, 0) is 36.4 Å². The molecule has 2 N–H and O–H groups in total. The van der Waals surface area contributed by atoms with E-state index in [2.05, 4.69) is 20.6 Å². The van der Waals surface area contributed by atoms with Crippen LogP contribution in [0.1, 0.15) is 33.1 Å².